The zero-order valence-electron chi connectivity index (χ0n) is 17.9. The van der Waals surface area contributed by atoms with Gasteiger partial charge in [-0.25, -0.2) is 4.39 Å². The summed E-state index contributed by atoms with van der Waals surface area (Å²) in [6, 6.07) is 17.2. The lowest BCUT2D eigenvalue weighted by atomic mass is 10.1. The van der Waals surface area contributed by atoms with Crippen LogP contribution in [0.5, 0.6) is 5.75 Å². The minimum atomic E-state index is -0.626. The van der Waals surface area contributed by atoms with Gasteiger partial charge in [0.05, 0.1) is 4.47 Å². The zero-order valence-corrected chi connectivity index (χ0v) is 20.2. The van der Waals surface area contributed by atoms with Gasteiger partial charge >= 0.3 is 0 Å². The topological polar surface area (TPSA) is 91.2 Å². The van der Waals surface area contributed by atoms with Gasteiger partial charge in [0.25, 0.3) is 11.8 Å². The molecule has 0 aliphatic heterocycles. The van der Waals surface area contributed by atoms with Gasteiger partial charge in [0.1, 0.15) is 23.2 Å². The van der Waals surface area contributed by atoms with E-state index in [0.717, 1.165) is 5.56 Å². The molecule has 9 heteroatoms. The fourth-order valence-electron chi connectivity index (χ4n) is 2.78. The Labute approximate surface area is 209 Å². The highest BCUT2D eigenvalue weighted by molar-refractivity contribution is 9.10. The van der Waals surface area contributed by atoms with Gasteiger partial charge in [0.15, 0.2) is 6.61 Å². The summed E-state index contributed by atoms with van der Waals surface area (Å²) in [5, 5.41) is 15.2. The van der Waals surface area contributed by atoms with Crippen LogP contribution in [-0.2, 0) is 9.59 Å². The third-order valence-corrected chi connectivity index (χ3v) is 5.58. The average Bonchev–Trinajstić information content (AvgIpc) is 2.80. The Morgan fingerprint density at radius 2 is 1.79 bits per heavy atom. The van der Waals surface area contributed by atoms with Gasteiger partial charge in [-0.2, -0.15) is 5.26 Å². The van der Waals surface area contributed by atoms with Crippen molar-refractivity contribution in [1.82, 2.24) is 0 Å². The predicted molar refractivity (Wildman–Crippen MR) is 133 cm³/mol. The Morgan fingerprint density at radius 3 is 2.44 bits per heavy atom. The average molecular weight is 543 g/mol. The number of benzene rings is 3. The largest absolute Gasteiger partial charge is 0.483 e. The molecule has 3 aromatic carbocycles. The van der Waals surface area contributed by atoms with Crippen molar-refractivity contribution >= 4 is 56.8 Å². The molecule has 2 N–H and O–H groups in total. The number of hydrogen-bond acceptors (Lipinski definition) is 4. The number of carbonyl (C=O) groups excluding carboxylic acids is 2. The molecule has 0 spiro atoms. The van der Waals surface area contributed by atoms with E-state index in [1.165, 1.54) is 30.3 Å². The van der Waals surface area contributed by atoms with Crippen LogP contribution in [-0.4, -0.2) is 18.4 Å². The van der Waals surface area contributed by atoms with Crippen molar-refractivity contribution in [3.63, 3.8) is 0 Å². The molecule has 3 rings (SSSR count). The number of nitriles is 1. The van der Waals surface area contributed by atoms with Crippen LogP contribution in [0.4, 0.5) is 15.8 Å². The van der Waals surface area contributed by atoms with E-state index in [1.54, 1.807) is 36.4 Å². The van der Waals surface area contributed by atoms with E-state index in [-0.39, 0.29) is 18.1 Å². The van der Waals surface area contributed by atoms with E-state index in [2.05, 4.69) is 26.6 Å². The molecule has 0 heterocycles. The first-order chi connectivity index (χ1) is 16.2. The maximum Gasteiger partial charge on any atom is 0.266 e. The van der Waals surface area contributed by atoms with Crippen molar-refractivity contribution < 1.29 is 18.7 Å². The fraction of sp³-hybridized carbons (Fsp3) is 0.0800. The third kappa shape index (κ3) is 6.91. The van der Waals surface area contributed by atoms with Crippen molar-refractivity contribution in [3.05, 3.63) is 92.7 Å². The molecule has 0 atom stereocenters. The SMILES string of the molecule is Cc1ccc(NC(=O)COc2ccc(/C=C(\C#N)C(=O)Nc3ccc(F)cc3)cc2Br)cc1Cl. The lowest BCUT2D eigenvalue weighted by Gasteiger charge is -2.10. The molecule has 6 nitrogen and oxygen atoms in total. The van der Waals surface area contributed by atoms with Crippen molar-refractivity contribution in [3.8, 4) is 11.8 Å². The van der Waals surface area contributed by atoms with Crippen LogP contribution in [0, 0.1) is 24.1 Å². The number of nitrogens with one attached hydrogen (secondary N) is 2. The van der Waals surface area contributed by atoms with Gasteiger partial charge in [-0.3, -0.25) is 9.59 Å². The first kappa shape index (κ1) is 25.0. The quantitative estimate of drug-likeness (QED) is 0.278. The Balaban J connectivity index is 1.62. The van der Waals surface area contributed by atoms with E-state index in [1.807, 2.05) is 13.0 Å². The number of aryl methyl sites for hydroxylation is 1. The maximum atomic E-state index is 13.0. The smallest absolute Gasteiger partial charge is 0.266 e. The lowest BCUT2D eigenvalue weighted by molar-refractivity contribution is -0.118. The maximum absolute atomic E-state index is 13.0. The molecule has 0 bridgehead atoms. The molecule has 3 aromatic rings. The summed E-state index contributed by atoms with van der Waals surface area (Å²) in [6.45, 7) is 1.63. The van der Waals surface area contributed by atoms with Gasteiger partial charge in [-0.1, -0.05) is 23.7 Å². The summed E-state index contributed by atoms with van der Waals surface area (Å²) in [4.78, 5) is 24.6. The van der Waals surface area contributed by atoms with Crippen molar-refractivity contribution in [2.45, 2.75) is 6.92 Å². The molecule has 34 heavy (non-hydrogen) atoms. The number of ether oxygens (including phenoxy) is 1. The van der Waals surface area contributed by atoms with Gasteiger partial charge in [-0.15, -0.1) is 0 Å². The zero-order chi connectivity index (χ0) is 24.7. The molecule has 0 aliphatic carbocycles. The normalized spacial score (nSPS) is 10.9. The number of halogens is 3. The monoisotopic (exact) mass is 541 g/mol. The van der Waals surface area contributed by atoms with E-state index < -0.39 is 11.7 Å². The van der Waals surface area contributed by atoms with E-state index in [4.69, 9.17) is 16.3 Å². The summed E-state index contributed by atoms with van der Waals surface area (Å²) in [5.74, 6) is -1.01. The Bertz CT molecular complexity index is 1300. The Kier molecular flexibility index (Phi) is 8.41. The molecule has 0 aromatic heterocycles. The second-order valence-corrected chi connectivity index (χ2v) is 8.38. The number of hydrogen-bond donors (Lipinski definition) is 2. The third-order valence-electron chi connectivity index (χ3n) is 4.55. The van der Waals surface area contributed by atoms with Crippen LogP contribution in [0.15, 0.2) is 70.7 Å². The number of nitrogens with zero attached hydrogens (tertiary/aromatic N) is 1. The van der Waals surface area contributed by atoms with Crippen LogP contribution < -0.4 is 15.4 Å². The second kappa shape index (κ2) is 11.5. The van der Waals surface area contributed by atoms with Gasteiger partial charge < -0.3 is 15.4 Å². The van der Waals surface area contributed by atoms with Crippen LogP contribution in [0.2, 0.25) is 5.02 Å². The fourth-order valence-corrected chi connectivity index (χ4v) is 3.47. The summed E-state index contributed by atoms with van der Waals surface area (Å²) in [7, 11) is 0. The molecule has 0 radical (unpaired) electrons. The molecule has 0 fully saturated rings. The van der Waals surface area contributed by atoms with Crippen LogP contribution >= 0.6 is 27.5 Å². The van der Waals surface area contributed by atoms with Crippen molar-refractivity contribution in [2.75, 3.05) is 17.2 Å². The molecule has 0 unspecified atom stereocenters. The highest BCUT2D eigenvalue weighted by atomic mass is 79.9. The van der Waals surface area contributed by atoms with Crippen molar-refractivity contribution in [2.24, 2.45) is 0 Å². The number of anilines is 2. The van der Waals surface area contributed by atoms with Crippen molar-refractivity contribution in [1.29, 1.82) is 5.26 Å². The molecule has 0 aliphatic rings. The Morgan fingerprint density at radius 1 is 1.09 bits per heavy atom. The van der Waals surface area contributed by atoms with E-state index in [9.17, 15) is 19.2 Å². The van der Waals surface area contributed by atoms with E-state index >= 15 is 0 Å². The lowest BCUT2D eigenvalue weighted by Crippen LogP contribution is -2.20. The number of carbonyl (C=O) groups is 2. The summed E-state index contributed by atoms with van der Waals surface area (Å²) >= 11 is 9.43. The van der Waals surface area contributed by atoms with Gasteiger partial charge in [0, 0.05) is 16.4 Å². The van der Waals surface area contributed by atoms with Gasteiger partial charge in [-0.05, 0) is 88.6 Å². The van der Waals surface area contributed by atoms with Crippen LogP contribution in [0.25, 0.3) is 6.08 Å². The molecule has 0 saturated carbocycles. The second-order valence-electron chi connectivity index (χ2n) is 7.12. The summed E-state index contributed by atoms with van der Waals surface area (Å²) in [5.41, 5.74) is 2.25. The van der Waals surface area contributed by atoms with Crippen LogP contribution in [0.3, 0.4) is 0 Å². The van der Waals surface area contributed by atoms with Gasteiger partial charge in [0.2, 0.25) is 0 Å². The minimum absolute atomic E-state index is 0.138. The van der Waals surface area contributed by atoms with Crippen LogP contribution in [0.1, 0.15) is 11.1 Å². The minimum Gasteiger partial charge on any atom is -0.483 e. The molecule has 2 amide bonds. The summed E-state index contributed by atoms with van der Waals surface area (Å²) in [6.07, 6.45) is 1.40. The molecular weight excluding hydrogens is 525 g/mol. The highest BCUT2D eigenvalue weighted by Crippen LogP contribution is 2.27. The highest BCUT2D eigenvalue weighted by Gasteiger charge is 2.12. The molecular formula is C25H18BrClFN3O3. The number of amides is 2. The van der Waals surface area contributed by atoms with E-state index in [0.29, 0.717) is 32.2 Å². The molecule has 0 saturated heterocycles. The number of rotatable bonds is 7. The predicted octanol–water partition coefficient (Wildman–Crippen LogP) is 6.11. The Hall–Kier alpha value is -3.67. The first-order valence-corrected chi connectivity index (χ1v) is 11.1. The molecule has 172 valence electrons. The summed E-state index contributed by atoms with van der Waals surface area (Å²) < 4.78 is 19.1. The first-order valence-electron chi connectivity index (χ1n) is 9.92. The standard InChI is InChI=1S/C25H18BrClFN3O3/c1-15-2-6-20(12-22(15)27)30-24(32)14-34-23-9-3-16(11-21(23)26)10-17(13-29)25(33)31-19-7-4-18(28)5-8-19/h2-12H,14H2,1H3,(H,30,32)(H,31,33)/b17-10+.